The summed E-state index contributed by atoms with van der Waals surface area (Å²) in [5, 5.41) is 27.8. The third-order valence-corrected chi connectivity index (χ3v) is 2.10. The van der Waals surface area contributed by atoms with E-state index in [4.69, 9.17) is 14.6 Å². The molecule has 82 valence electrons. The summed E-state index contributed by atoms with van der Waals surface area (Å²) in [4.78, 5) is 10.7. The van der Waals surface area contributed by atoms with Gasteiger partial charge >= 0.3 is 5.97 Å². The van der Waals surface area contributed by atoms with E-state index in [1.807, 2.05) is 0 Å². The van der Waals surface area contributed by atoms with Crippen LogP contribution in [0.1, 0.15) is 13.8 Å². The highest BCUT2D eigenvalue weighted by atomic mass is 16.7. The Morgan fingerprint density at radius 2 is 1.86 bits per heavy atom. The predicted octanol–water partition coefficient (Wildman–Crippen LogP) is -1.62. The zero-order valence-corrected chi connectivity index (χ0v) is 7.95. The standard InChI is InChI=1S/C8H14O6/c1-3-7(14-4(2)9)5(10)6(11)8(12)13-3/h3,5-8,10-12H,1-2H3/t3-,5-,6-,7+,8+/m0/s1. The molecule has 1 aliphatic heterocycles. The molecule has 1 fully saturated rings. The van der Waals surface area contributed by atoms with Crippen molar-refractivity contribution < 1.29 is 29.6 Å². The quantitative estimate of drug-likeness (QED) is 0.446. The Kier molecular flexibility index (Phi) is 3.43. The van der Waals surface area contributed by atoms with Crippen LogP contribution in [-0.2, 0) is 14.3 Å². The second-order valence-corrected chi connectivity index (χ2v) is 3.29. The van der Waals surface area contributed by atoms with Crippen molar-refractivity contribution in [1.82, 2.24) is 0 Å². The second-order valence-electron chi connectivity index (χ2n) is 3.29. The molecule has 0 saturated carbocycles. The molecule has 14 heavy (non-hydrogen) atoms. The Morgan fingerprint density at radius 1 is 1.29 bits per heavy atom. The molecule has 0 aromatic carbocycles. The molecular weight excluding hydrogens is 192 g/mol. The van der Waals surface area contributed by atoms with Crippen molar-refractivity contribution in [2.24, 2.45) is 0 Å². The smallest absolute Gasteiger partial charge is 0.303 e. The van der Waals surface area contributed by atoms with Crippen LogP contribution in [0.15, 0.2) is 0 Å². The van der Waals surface area contributed by atoms with Crippen LogP contribution < -0.4 is 0 Å². The lowest BCUT2D eigenvalue weighted by Gasteiger charge is -2.38. The maximum absolute atomic E-state index is 10.7. The maximum atomic E-state index is 10.7. The number of ether oxygens (including phenoxy) is 2. The fraction of sp³-hybridized carbons (Fsp3) is 0.875. The average molecular weight is 206 g/mol. The molecule has 6 nitrogen and oxygen atoms in total. The minimum absolute atomic E-state index is 0.576. The largest absolute Gasteiger partial charge is 0.457 e. The molecule has 0 bridgehead atoms. The molecule has 1 heterocycles. The third-order valence-electron chi connectivity index (χ3n) is 2.10. The molecule has 0 unspecified atom stereocenters. The van der Waals surface area contributed by atoms with E-state index in [0.29, 0.717) is 0 Å². The highest BCUT2D eigenvalue weighted by molar-refractivity contribution is 5.66. The van der Waals surface area contributed by atoms with Crippen LogP contribution in [-0.4, -0.2) is 52.0 Å². The maximum Gasteiger partial charge on any atom is 0.303 e. The van der Waals surface area contributed by atoms with Crippen molar-refractivity contribution in [2.45, 2.75) is 44.6 Å². The summed E-state index contributed by atoms with van der Waals surface area (Å²) in [5.74, 6) is -0.576. The van der Waals surface area contributed by atoms with Crippen molar-refractivity contribution in [3.05, 3.63) is 0 Å². The van der Waals surface area contributed by atoms with Gasteiger partial charge in [0.15, 0.2) is 12.4 Å². The Bertz CT molecular complexity index is 218. The molecule has 0 radical (unpaired) electrons. The lowest BCUT2D eigenvalue weighted by molar-refractivity contribution is -0.281. The molecule has 1 rings (SSSR count). The summed E-state index contributed by atoms with van der Waals surface area (Å²) in [5.41, 5.74) is 0. The van der Waals surface area contributed by atoms with E-state index < -0.39 is 36.7 Å². The molecule has 0 spiro atoms. The first kappa shape index (κ1) is 11.4. The van der Waals surface area contributed by atoms with Gasteiger partial charge in [0, 0.05) is 6.92 Å². The SMILES string of the molecule is CC(=O)O[C@H]1[C@@H](O)[C@H](O)[C@H](O)O[C@H]1C. The Morgan fingerprint density at radius 3 is 2.36 bits per heavy atom. The van der Waals surface area contributed by atoms with Gasteiger partial charge in [-0.15, -0.1) is 0 Å². The lowest BCUT2D eigenvalue weighted by Crippen LogP contribution is -2.57. The molecular formula is C8H14O6. The Labute approximate surface area is 81.1 Å². The van der Waals surface area contributed by atoms with Gasteiger partial charge in [-0.05, 0) is 6.92 Å². The van der Waals surface area contributed by atoms with Gasteiger partial charge in [-0.1, -0.05) is 0 Å². The van der Waals surface area contributed by atoms with Gasteiger partial charge in [0.1, 0.15) is 12.2 Å². The predicted molar refractivity (Wildman–Crippen MR) is 44.1 cm³/mol. The molecule has 0 aliphatic carbocycles. The topological polar surface area (TPSA) is 96.2 Å². The van der Waals surface area contributed by atoms with Gasteiger partial charge in [0.05, 0.1) is 6.10 Å². The number of esters is 1. The van der Waals surface area contributed by atoms with E-state index in [0.717, 1.165) is 0 Å². The number of aliphatic hydroxyl groups excluding tert-OH is 3. The van der Waals surface area contributed by atoms with Crippen LogP contribution in [0.25, 0.3) is 0 Å². The van der Waals surface area contributed by atoms with E-state index in [2.05, 4.69) is 0 Å². The zero-order valence-electron chi connectivity index (χ0n) is 7.95. The molecule has 3 N–H and O–H groups in total. The second kappa shape index (κ2) is 4.22. The number of carbonyl (C=O) groups excluding carboxylic acids is 1. The molecule has 0 aromatic heterocycles. The molecule has 6 heteroatoms. The van der Waals surface area contributed by atoms with Crippen LogP contribution in [0.4, 0.5) is 0 Å². The van der Waals surface area contributed by atoms with Crippen molar-refractivity contribution in [2.75, 3.05) is 0 Å². The monoisotopic (exact) mass is 206 g/mol. The van der Waals surface area contributed by atoms with Crippen molar-refractivity contribution >= 4 is 5.97 Å². The number of rotatable bonds is 1. The van der Waals surface area contributed by atoms with E-state index >= 15 is 0 Å². The van der Waals surface area contributed by atoms with Gasteiger partial charge in [-0.2, -0.15) is 0 Å². The molecule has 5 atom stereocenters. The van der Waals surface area contributed by atoms with Crippen molar-refractivity contribution in [3.63, 3.8) is 0 Å². The van der Waals surface area contributed by atoms with E-state index in [1.165, 1.54) is 13.8 Å². The molecule has 0 aromatic rings. The fourth-order valence-electron chi connectivity index (χ4n) is 1.38. The van der Waals surface area contributed by atoms with Gasteiger partial charge in [-0.25, -0.2) is 0 Å². The first-order valence-electron chi connectivity index (χ1n) is 4.30. The average Bonchev–Trinajstić information content (AvgIpc) is 2.09. The van der Waals surface area contributed by atoms with Crippen molar-refractivity contribution in [3.8, 4) is 0 Å². The summed E-state index contributed by atoms with van der Waals surface area (Å²) in [6, 6.07) is 0. The number of carbonyl (C=O) groups is 1. The molecule has 0 amide bonds. The van der Waals surface area contributed by atoms with Crippen LogP contribution in [0, 0.1) is 0 Å². The highest BCUT2D eigenvalue weighted by Gasteiger charge is 2.43. The van der Waals surface area contributed by atoms with E-state index in [9.17, 15) is 15.0 Å². The number of hydrogen-bond donors (Lipinski definition) is 3. The fourth-order valence-corrected chi connectivity index (χ4v) is 1.38. The number of aliphatic hydroxyl groups is 3. The number of hydrogen-bond acceptors (Lipinski definition) is 6. The summed E-state index contributed by atoms with van der Waals surface area (Å²) in [6.07, 6.45) is -5.86. The summed E-state index contributed by atoms with van der Waals surface area (Å²) >= 11 is 0. The van der Waals surface area contributed by atoms with Gasteiger partial charge in [-0.3, -0.25) is 4.79 Å². The highest BCUT2D eigenvalue weighted by Crippen LogP contribution is 2.21. The third kappa shape index (κ3) is 2.21. The molecule has 1 saturated heterocycles. The molecule has 1 aliphatic rings. The van der Waals surface area contributed by atoms with Crippen LogP contribution in [0.5, 0.6) is 0 Å². The van der Waals surface area contributed by atoms with E-state index in [-0.39, 0.29) is 0 Å². The summed E-state index contributed by atoms with van der Waals surface area (Å²) in [7, 11) is 0. The minimum atomic E-state index is -1.46. The first-order valence-corrected chi connectivity index (χ1v) is 4.30. The normalized spacial score (nSPS) is 43.4. The van der Waals surface area contributed by atoms with Crippen molar-refractivity contribution in [1.29, 1.82) is 0 Å². The van der Waals surface area contributed by atoms with Gasteiger partial charge in [0.25, 0.3) is 0 Å². The van der Waals surface area contributed by atoms with Gasteiger partial charge in [0.2, 0.25) is 0 Å². The summed E-state index contributed by atoms with van der Waals surface area (Å²) < 4.78 is 9.60. The van der Waals surface area contributed by atoms with Crippen LogP contribution in [0.3, 0.4) is 0 Å². The minimum Gasteiger partial charge on any atom is -0.457 e. The Balaban J connectivity index is 2.68. The summed E-state index contributed by atoms with van der Waals surface area (Å²) in [6.45, 7) is 2.72. The van der Waals surface area contributed by atoms with Gasteiger partial charge < -0.3 is 24.8 Å². The first-order chi connectivity index (χ1) is 6.43. The van der Waals surface area contributed by atoms with Crippen LogP contribution >= 0.6 is 0 Å². The van der Waals surface area contributed by atoms with E-state index in [1.54, 1.807) is 0 Å². The zero-order chi connectivity index (χ0) is 10.9. The van der Waals surface area contributed by atoms with Crippen LogP contribution in [0.2, 0.25) is 0 Å². The lowest BCUT2D eigenvalue weighted by atomic mass is 10.00. The Hall–Kier alpha value is -0.690.